The number of rotatable bonds is 8. The Bertz CT molecular complexity index is 465. The van der Waals surface area contributed by atoms with Gasteiger partial charge in [-0.25, -0.2) is 9.18 Å². The maximum Gasteiger partial charge on any atom is 0.326 e. The molecule has 2 N–H and O–H groups in total. The number of aliphatic carboxylic acids is 1. The van der Waals surface area contributed by atoms with Gasteiger partial charge in [-0.15, -0.1) is 0 Å². The van der Waals surface area contributed by atoms with Gasteiger partial charge in [0.1, 0.15) is 11.9 Å². The van der Waals surface area contributed by atoms with Crippen LogP contribution in [0.5, 0.6) is 0 Å². The van der Waals surface area contributed by atoms with Crippen molar-refractivity contribution in [1.82, 2.24) is 5.32 Å². The van der Waals surface area contributed by atoms with Crippen LogP contribution in [0.3, 0.4) is 0 Å². The highest BCUT2D eigenvalue weighted by molar-refractivity contribution is 5.84. The Labute approximate surface area is 115 Å². The topological polar surface area (TPSA) is 66.4 Å². The third-order valence-corrected chi connectivity index (χ3v) is 2.76. The number of carbonyl (C=O) groups excluding carboxylic acids is 1. The van der Waals surface area contributed by atoms with Crippen LogP contribution in [0.25, 0.3) is 0 Å². The van der Waals surface area contributed by atoms with Crippen LogP contribution in [0, 0.1) is 5.82 Å². The highest BCUT2D eigenvalue weighted by Gasteiger charge is 2.19. The zero-order valence-electron chi connectivity index (χ0n) is 10.9. The lowest BCUT2D eigenvalue weighted by Crippen LogP contribution is -2.41. The normalized spacial score (nSPS) is 11.9. The first-order valence-corrected chi connectivity index (χ1v) is 6.35. The summed E-state index contributed by atoms with van der Waals surface area (Å²) in [4.78, 5) is 22.7. The first-order chi connectivity index (χ1) is 9.52. The first kappa shape index (κ1) is 16.1. The van der Waals surface area contributed by atoms with E-state index in [1.165, 1.54) is 18.2 Å². The van der Waals surface area contributed by atoms with Crippen LogP contribution >= 0.6 is 0 Å². The number of hydrogen-bond acceptors (Lipinski definition) is 2. The average Bonchev–Trinajstić information content (AvgIpc) is 2.37. The minimum Gasteiger partial charge on any atom is -0.480 e. The summed E-state index contributed by atoms with van der Waals surface area (Å²) in [7, 11) is 0. The Morgan fingerprint density at radius 3 is 2.65 bits per heavy atom. The van der Waals surface area contributed by atoms with Crippen LogP contribution in [0.4, 0.5) is 8.78 Å². The van der Waals surface area contributed by atoms with Crippen LogP contribution in [0.1, 0.15) is 24.8 Å². The number of carboxylic acids is 1. The molecule has 1 rings (SSSR count). The van der Waals surface area contributed by atoms with Crippen molar-refractivity contribution >= 4 is 11.9 Å². The Morgan fingerprint density at radius 2 is 2.05 bits per heavy atom. The predicted molar refractivity (Wildman–Crippen MR) is 69.5 cm³/mol. The molecule has 0 spiro atoms. The van der Waals surface area contributed by atoms with E-state index in [1.54, 1.807) is 6.07 Å². The molecule has 20 heavy (non-hydrogen) atoms. The molecule has 0 radical (unpaired) electrons. The van der Waals surface area contributed by atoms with E-state index in [2.05, 4.69) is 5.32 Å². The van der Waals surface area contributed by atoms with Gasteiger partial charge >= 0.3 is 5.97 Å². The second-order valence-electron chi connectivity index (χ2n) is 4.45. The number of nitrogens with one attached hydrogen (secondary N) is 1. The smallest absolute Gasteiger partial charge is 0.326 e. The monoisotopic (exact) mass is 285 g/mol. The van der Waals surface area contributed by atoms with E-state index in [0.29, 0.717) is 12.0 Å². The average molecular weight is 285 g/mol. The molecule has 1 amide bonds. The van der Waals surface area contributed by atoms with Gasteiger partial charge in [0.25, 0.3) is 0 Å². The van der Waals surface area contributed by atoms with Gasteiger partial charge in [-0.2, -0.15) is 0 Å². The first-order valence-electron chi connectivity index (χ1n) is 6.35. The van der Waals surface area contributed by atoms with Gasteiger partial charge in [0.05, 0.1) is 13.1 Å². The molecule has 0 aliphatic carbocycles. The second-order valence-corrected chi connectivity index (χ2v) is 4.45. The summed E-state index contributed by atoms with van der Waals surface area (Å²) in [6.45, 7) is -0.510. The van der Waals surface area contributed by atoms with Crippen molar-refractivity contribution in [1.29, 1.82) is 0 Å². The molecule has 110 valence electrons. The number of carbonyl (C=O) groups is 2. The van der Waals surface area contributed by atoms with E-state index >= 15 is 0 Å². The van der Waals surface area contributed by atoms with Gasteiger partial charge in [-0.3, -0.25) is 9.18 Å². The molecule has 0 aromatic heterocycles. The molecule has 0 aliphatic rings. The molecule has 0 heterocycles. The van der Waals surface area contributed by atoms with E-state index in [1.807, 2.05) is 0 Å². The molecule has 0 saturated heterocycles. The van der Waals surface area contributed by atoms with E-state index in [4.69, 9.17) is 5.11 Å². The Morgan fingerprint density at radius 1 is 1.30 bits per heavy atom. The van der Waals surface area contributed by atoms with Crippen LogP contribution < -0.4 is 5.32 Å². The summed E-state index contributed by atoms with van der Waals surface area (Å²) >= 11 is 0. The van der Waals surface area contributed by atoms with Crippen LogP contribution in [-0.2, 0) is 16.0 Å². The minimum absolute atomic E-state index is 0.0926. The zero-order chi connectivity index (χ0) is 15.0. The van der Waals surface area contributed by atoms with E-state index < -0.39 is 30.4 Å². The molecule has 0 saturated carbocycles. The van der Waals surface area contributed by atoms with Gasteiger partial charge in [0, 0.05) is 0 Å². The minimum atomic E-state index is -1.16. The standard InChI is InChI=1S/C14H17F2NO3/c15-7-2-1-6-12(14(19)20)17-13(18)9-10-4-3-5-11(16)8-10/h3-5,8,12H,1-2,6-7,9H2,(H,17,18)(H,19,20)/t12-/m0/s1. The number of halogens is 2. The van der Waals surface area contributed by atoms with Crippen LogP contribution in [-0.4, -0.2) is 29.7 Å². The number of hydrogen-bond donors (Lipinski definition) is 2. The predicted octanol–water partition coefficient (Wildman–Crippen LogP) is 2.08. The van der Waals surface area contributed by atoms with Crippen molar-refractivity contribution in [3.63, 3.8) is 0 Å². The second kappa shape index (κ2) is 8.24. The molecule has 0 unspecified atom stereocenters. The van der Waals surface area contributed by atoms with Gasteiger partial charge < -0.3 is 10.4 Å². The summed E-state index contributed by atoms with van der Waals surface area (Å²) in [5.41, 5.74) is 0.468. The summed E-state index contributed by atoms with van der Waals surface area (Å²) in [6.07, 6.45) is 0.732. The van der Waals surface area contributed by atoms with Crippen molar-refractivity contribution in [2.45, 2.75) is 31.7 Å². The maximum absolute atomic E-state index is 13.0. The molecule has 0 fully saturated rings. The van der Waals surface area contributed by atoms with Gasteiger partial charge in [-0.1, -0.05) is 12.1 Å². The maximum atomic E-state index is 13.0. The van der Waals surface area contributed by atoms with Gasteiger partial charge in [0.2, 0.25) is 5.91 Å². The molecule has 6 heteroatoms. The summed E-state index contributed by atoms with van der Waals surface area (Å²) in [6, 6.07) is 4.51. The molecular formula is C14H17F2NO3. The SMILES string of the molecule is O=C(Cc1cccc(F)c1)N[C@@H](CCCCF)C(=O)O. The van der Waals surface area contributed by atoms with Gasteiger partial charge in [0.15, 0.2) is 0 Å². The summed E-state index contributed by atoms with van der Waals surface area (Å²) < 4.78 is 24.9. The number of benzene rings is 1. The highest BCUT2D eigenvalue weighted by Crippen LogP contribution is 2.06. The fourth-order valence-corrected chi connectivity index (χ4v) is 1.78. The van der Waals surface area contributed by atoms with Crippen molar-refractivity contribution in [3.05, 3.63) is 35.6 Å². The number of amides is 1. The van der Waals surface area contributed by atoms with E-state index in [9.17, 15) is 18.4 Å². The zero-order valence-corrected chi connectivity index (χ0v) is 10.9. The largest absolute Gasteiger partial charge is 0.480 e. The van der Waals surface area contributed by atoms with Crippen molar-refractivity contribution < 1.29 is 23.5 Å². The van der Waals surface area contributed by atoms with Crippen molar-refractivity contribution in [3.8, 4) is 0 Å². The Balaban J connectivity index is 2.51. The molecule has 1 aromatic rings. The fourth-order valence-electron chi connectivity index (χ4n) is 1.78. The third kappa shape index (κ3) is 5.77. The van der Waals surface area contributed by atoms with Crippen molar-refractivity contribution in [2.24, 2.45) is 0 Å². The lowest BCUT2D eigenvalue weighted by molar-refractivity contribution is -0.142. The molecular weight excluding hydrogens is 268 g/mol. The van der Waals surface area contributed by atoms with E-state index in [0.717, 1.165) is 0 Å². The van der Waals surface area contributed by atoms with Crippen LogP contribution in [0.2, 0.25) is 0 Å². The molecule has 1 aromatic carbocycles. The lowest BCUT2D eigenvalue weighted by Gasteiger charge is -2.14. The number of unbranched alkanes of at least 4 members (excludes halogenated alkanes) is 1. The summed E-state index contributed by atoms with van der Waals surface area (Å²) in [5.74, 6) is -2.10. The summed E-state index contributed by atoms with van der Waals surface area (Å²) in [5, 5.41) is 11.3. The highest BCUT2D eigenvalue weighted by atomic mass is 19.1. The third-order valence-electron chi connectivity index (χ3n) is 2.76. The molecule has 1 atom stereocenters. The van der Waals surface area contributed by atoms with Gasteiger partial charge in [-0.05, 0) is 37.0 Å². The fraction of sp³-hybridized carbons (Fsp3) is 0.429. The number of carboxylic acid groups (broad SMARTS) is 1. The lowest BCUT2D eigenvalue weighted by atomic mass is 10.1. The molecule has 4 nitrogen and oxygen atoms in total. The quantitative estimate of drug-likeness (QED) is 0.719. The van der Waals surface area contributed by atoms with Crippen LogP contribution in [0.15, 0.2) is 24.3 Å². The number of alkyl halides is 1. The molecule has 0 bridgehead atoms. The Hall–Kier alpha value is -1.98. The van der Waals surface area contributed by atoms with Crippen molar-refractivity contribution in [2.75, 3.05) is 6.67 Å². The molecule has 0 aliphatic heterocycles. The van der Waals surface area contributed by atoms with E-state index in [-0.39, 0.29) is 19.3 Å². The Kier molecular flexibility index (Phi) is 6.63.